The molecule has 0 amide bonds. The zero-order valence-electron chi connectivity index (χ0n) is 13.1. The molecule has 0 atom stereocenters. The first kappa shape index (κ1) is 15.8. The Kier molecular flexibility index (Phi) is 4.44. The summed E-state index contributed by atoms with van der Waals surface area (Å²) in [5.41, 5.74) is 1.52. The normalized spacial score (nSPS) is 18.5. The summed E-state index contributed by atoms with van der Waals surface area (Å²) < 4.78 is 6.80. The standard InChI is InChI=1S/C18H22BrNO2/c1-13-11-17(22-14(13)2)12-20-9-7-18(21,8-10-20)15-3-5-16(19)6-4-15/h3-6,11,21H,7-10,12H2,1-2H3. The second-order valence-corrected chi connectivity index (χ2v) is 7.18. The van der Waals surface area contributed by atoms with Crippen molar-refractivity contribution in [2.24, 2.45) is 0 Å². The summed E-state index contributed by atoms with van der Waals surface area (Å²) in [7, 11) is 0. The lowest BCUT2D eigenvalue weighted by molar-refractivity contribution is -0.0289. The van der Waals surface area contributed by atoms with E-state index in [-0.39, 0.29) is 0 Å². The molecule has 2 heterocycles. The largest absolute Gasteiger partial charge is 0.465 e. The highest BCUT2D eigenvalue weighted by atomic mass is 79.9. The van der Waals surface area contributed by atoms with Gasteiger partial charge in [-0.05, 0) is 56.0 Å². The van der Waals surface area contributed by atoms with Gasteiger partial charge in [-0.3, -0.25) is 4.90 Å². The Morgan fingerprint density at radius 1 is 1.18 bits per heavy atom. The quantitative estimate of drug-likeness (QED) is 0.889. The number of nitrogens with zero attached hydrogens (tertiary/aromatic N) is 1. The van der Waals surface area contributed by atoms with Gasteiger partial charge in [0.25, 0.3) is 0 Å². The first-order chi connectivity index (χ1) is 10.5. The van der Waals surface area contributed by atoms with E-state index in [9.17, 15) is 5.11 Å². The molecular weight excluding hydrogens is 342 g/mol. The van der Waals surface area contributed by atoms with Gasteiger partial charge in [-0.1, -0.05) is 28.1 Å². The predicted octanol–water partition coefficient (Wildman–Crippen LogP) is 4.14. The van der Waals surface area contributed by atoms with Gasteiger partial charge in [0.2, 0.25) is 0 Å². The Morgan fingerprint density at radius 3 is 2.36 bits per heavy atom. The van der Waals surface area contributed by atoms with Crippen LogP contribution in [0.1, 0.15) is 35.5 Å². The van der Waals surface area contributed by atoms with E-state index in [1.54, 1.807) is 0 Å². The van der Waals surface area contributed by atoms with Gasteiger partial charge in [0, 0.05) is 17.6 Å². The molecule has 3 rings (SSSR count). The second-order valence-electron chi connectivity index (χ2n) is 6.27. The van der Waals surface area contributed by atoms with Crippen LogP contribution in [-0.4, -0.2) is 23.1 Å². The molecule has 1 saturated heterocycles. The fourth-order valence-electron chi connectivity index (χ4n) is 3.08. The Bertz CT molecular complexity index is 620. The third-order valence-electron chi connectivity index (χ3n) is 4.66. The summed E-state index contributed by atoms with van der Waals surface area (Å²) >= 11 is 3.44. The molecule has 1 N–H and O–H groups in total. The van der Waals surface area contributed by atoms with Crippen molar-refractivity contribution in [3.63, 3.8) is 0 Å². The molecule has 1 aromatic heterocycles. The molecule has 0 bridgehead atoms. The molecule has 0 radical (unpaired) electrons. The minimum Gasteiger partial charge on any atom is -0.465 e. The number of benzene rings is 1. The van der Waals surface area contributed by atoms with Crippen LogP contribution in [0, 0.1) is 13.8 Å². The number of aliphatic hydroxyl groups is 1. The number of furan rings is 1. The van der Waals surface area contributed by atoms with Gasteiger partial charge < -0.3 is 9.52 Å². The van der Waals surface area contributed by atoms with Gasteiger partial charge in [-0.25, -0.2) is 0 Å². The molecule has 0 unspecified atom stereocenters. The molecule has 1 aromatic carbocycles. The highest BCUT2D eigenvalue weighted by Crippen LogP contribution is 2.34. The summed E-state index contributed by atoms with van der Waals surface area (Å²) in [5.74, 6) is 2.02. The smallest absolute Gasteiger partial charge is 0.118 e. The summed E-state index contributed by atoms with van der Waals surface area (Å²) in [4.78, 5) is 2.35. The van der Waals surface area contributed by atoms with Crippen molar-refractivity contribution in [2.75, 3.05) is 13.1 Å². The Labute approximate surface area is 140 Å². The number of hydrogen-bond acceptors (Lipinski definition) is 3. The summed E-state index contributed by atoms with van der Waals surface area (Å²) in [6, 6.07) is 10.1. The van der Waals surface area contributed by atoms with Crippen LogP contribution < -0.4 is 0 Å². The Hall–Kier alpha value is -1.10. The van der Waals surface area contributed by atoms with Crippen LogP contribution in [0.25, 0.3) is 0 Å². The van der Waals surface area contributed by atoms with Crippen LogP contribution in [0.3, 0.4) is 0 Å². The fourth-order valence-corrected chi connectivity index (χ4v) is 3.34. The summed E-state index contributed by atoms with van der Waals surface area (Å²) in [5, 5.41) is 10.9. The molecule has 1 fully saturated rings. The summed E-state index contributed by atoms with van der Waals surface area (Å²) in [6.45, 7) is 6.66. The maximum absolute atomic E-state index is 10.9. The number of likely N-dealkylation sites (tertiary alicyclic amines) is 1. The Morgan fingerprint density at radius 2 is 1.82 bits per heavy atom. The van der Waals surface area contributed by atoms with Gasteiger partial charge >= 0.3 is 0 Å². The minimum absolute atomic E-state index is 0.702. The van der Waals surface area contributed by atoms with E-state index in [0.29, 0.717) is 0 Å². The van der Waals surface area contributed by atoms with Crippen LogP contribution in [0.5, 0.6) is 0 Å². The lowest BCUT2D eigenvalue weighted by Crippen LogP contribution is -2.42. The van der Waals surface area contributed by atoms with Crippen molar-refractivity contribution in [1.82, 2.24) is 4.90 Å². The SMILES string of the molecule is Cc1cc(CN2CCC(O)(c3ccc(Br)cc3)CC2)oc1C. The number of hydrogen-bond donors (Lipinski definition) is 1. The van der Waals surface area contributed by atoms with Crippen LogP contribution in [0.2, 0.25) is 0 Å². The van der Waals surface area contributed by atoms with Gasteiger partial charge in [0.1, 0.15) is 11.5 Å². The van der Waals surface area contributed by atoms with Crippen molar-refractivity contribution in [3.8, 4) is 0 Å². The molecule has 22 heavy (non-hydrogen) atoms. The van der Waals surface area contributed by atoms with E-state index in [4.69, 9.17) is 4.42 Å². The first-order valence-corrected chi connectivity index (χ1v) is 8.52. The summed E-state index contributed by atoms with van der Waals surface area (Å²) in [6.07, 6.45) is 1.51. The van der Waals surface area contributed by atoms with Gasteiger partial charge in [0.05, 0.1) is 12.1 Å². The zero-order chi connectivity index (χ0) is 15.7. The third-order valence-corrected chi connectivity index (χ3v) is 5.19. The molecule has 0 aliphatic carbocycles. The number of piperidine rings is 1. The topological polar surface area (TPSA) is 36.6 Å². The van der Waals surface area contributed by atoms with Crippen molar-refractivity contribution in [1.29, 1.82) is 0 Å². The van der Waals surface area contributed by atoms with E-state index in [2.05, 4.69) is 33.8 Å². The average molecular weight is 364 g/mol. The second kappa shape index (κ2) is 6.19. The van der Waals surface area contributed by atoms with Gasteiger partial charge in [0.15, 0.2) is 0 Å². The van der Waals surface area contributed by atoms with E-state index in [1.807, 2.05) is 31.2 Å². The highest BCUT2D eigenvalue weighted by Gasteiger charge is 2.34. The third kappa shape index (κ3) is 3.29. The molecule has 2 aromatic rings. The molecule has 3 nitrogen and oxygen atoms in total. The maximum atomic E-state index is 10.9. The van der Waals surface area contributed by atoms with Crippen molar-refractivity contribution < 1.29 is 9.52 Å². The van der Waals surface area contributed by atoms with Crippen LogP contribution >= 0.6 is 15.9 Å². The van der Waals surface area contributed by atoms with E-state index < -0.39 is 5.60 Å². The van der Waals surface area contributed by atoms with Crippen molar-refractivity contribution in [3.05, 3.63) is 57.5 Å². The maximum Gasteiger partial charge on any atom is 0.118 e. The molecule has 118 valence electrons. The predicted molar refractivity (Wildman–Crippen MR) is 90.7 cm³/mol. The number of halogens is 1. The molecular formula is C18H22BrNO2. The molecule has 0 saturated carbocycles. The van der Waals surface area contributed by atoms with Crippen LogP contribution in [0.4, 0.5) is 0 Å². The number of rotatable bonds is 3. The average Bonchev–Trinajstić information content (AvgIpc) is 2.80. The van der Waals surface area contributed by atoms with E-state index in [0.717, 1.165) is 54.0 Å². The van der Waals surface area contributed by atoms with E-state index in [1.165, 1.54) is 5.56 Å². The Balaban J connectivity index is 1.63. The fraction of sp³-hybridized carbons (Fsp3) is 0.444. The van der Waals surface area contributed by atoms with E-state index >= 15 is 0 Å². The molecule has 4 heteroatoms. The van der Waals surface area contributed by atoms with Crippen molar-refractivity contribution in [2.45, 2.75) is 38.8 Å². The first-order valence-electron chi connectivity index (χ1n) is 7.73. The molecule has 1 aliphatic rings. The van der Waals surface area contributed by atoms with Gasteiger partial charge in [-0.2, -0.15) is 0 Å². The number of aryl methyl sites for hydroxylation is 2. The molecule has 0 spiro atoms. The monoisotopic (exact) mass is 363 g/mol. The lowest BCUT2D eigenvalue weighted by atomic mass is 9.84. The zero-order valence-corrected chi connectivity index (χ0v) is 14.7. The van der Waals surface area contributed by atoms with Crippen molar-refractivity contribution >= 4 is 15.9 Å². The molecule has 1 aliphatic heterocycles. The highest BCUT2D eigenvalue weighted by molar-refractivity contribution is 9.10. The minimum atomic E-state index is -0.702. The lowest BCUT2D eigenvalue weighted by Gasteiger charge is -2.38. The van der Waals surface area contributed by atoms with Gasteiger partial charge in [-0.15, -0.1) is 0 Å². The van der Waals surface area contributed by atoms with Crippen LogP contribution in [0.15, 0.2) is 39.2 Å². The van der Waals surface area contributed by atoms with Crippen LogP contribution in [-0.2, 0) is 12.1 Å².